The maximum Gasteiger partial charge on any atom is 0.275 e. The maximum atomic E-state index is 12.6. The second-order valence-corrected chi connectivity index (χ2v) is 4.92. The van der Waals surface area contributed by atoms with E-state index in [1.807, 2.05) is 31.3 Å². The van der Waals surface area contributed by atoms with Crippen molar-refractivity contribution in [3.63, 3.8) is 0 Å². The highest BCUT2D eigenvalue weighted by atomic mass is 16.2. The molecule has 1 aromatic heterocycles. The number of aryl methyl sites for hydroxylation is 1. The Morgan fingerprint density at radius 2 is 2.15 bits per heavy atom. The van der Waals surface area contributed by atoms with E-state index in [0.29, 0.717) is 18.8 Å². The van der Waals surface area contributed by atoms with Crippen LogP contribution in [-0.2, 0) is 11.8 Å². The molecule has 1 aliphatic heterocycles. The van der Waals surface area contributed by atoms with Crippen LogP contribution in [0.3, 0.4) is 0 Å². The monoisotopic (exact) mass is 272 g/mol. The van der Waals surface area contributed by atoms with Crippen molar-refractivity contribution in [2.24, 2.45) is 7.05 Å². The van der Waals surface area contributed by atoms with Crippen LogP contribution in [0.25, 0.3) is 10.9 Å². The van der Waals surface area contributed by atoms with Gasteiger partial charge in [0.15, 0.2) is 5.69 Å². The molecule has 0 saturated carbocycles. The van der Waals surface area contributed by atoms with Gasteiger partial charge in [0.05, 0.1) is 12.1 Å². The third-order valence-electron chi connectivity index (χ3n) is 3.51. The summed E-state index contributed by atoms with van der Waals surface area (Å²) in [5.41, 5.74) is 1.33. The first-order valence-electron chi connectivity index (χ1n) is 6.64. The molecule has 2 aromatic rings. The third kappa shape index (κ3) is 2.13. The molecule has 2 heterocycles. The molecular weight excluding hydrogens is 256 g/mol. The number of carbonyl (C=O) groups is 2. The molecule has 0 aliphatic carbocycles. The summed E-state index contributed by atoms with van der Waals surface area (Å²) in [5, 5.41) is 7.90. The SMILES string of the molecule is Cn1nc(C(=O)N2CCCNC(=O)C2)c2ccccc21. The summed E-state index contributed by atoms with van der Waals surface area (Å²) in [6.07, 6.45) is 0.766. The van der Waals surface area contributed by atoms with Crippen molar-refractivity contribution in [3.8, 4) is 0 Å². The summed E-state index contributed by atoms with van der Waals surface area (Å²) in [4.78, 5) is 25.7. The molecule has 1 saturated heterocycles. The molecule has 1 fully saturated rings. The molecule has 0 unspecified atom stereocenters. The molecule has 1 aliphatic rings. The third-order valence-corrected chi connectivity index (χ3v) is 3.51. The average molecular weight is 272 g/mol. The molecule has 6 nitrogen and oxygen atoms in total. The highest BCUT2D eigenvalue weighted by Crippen LogP contribution is 2.19. The fraction of sp³-hybridized carbons (Fsp3) is 0.357. The summed E-state index contributed by atoms with van der Waals surface area (Å²) in [6, 6.07) is 7.61. The van der Waals surface area contributed by atoms with Gasteiger partial charge >= 0.3 is 0 Å². The van der Waals surface area contributed by atoms with Gasteiger partial charge in [0.2, 0.25) is 5.91 Å². The second kappa shape index (κ2) is 4.96. The van der Waals surface area contributed by atoms with Gasteiger partial charge in [-0.3, -0.25) is 14.3 Å². The van der Waals surface area contributed by atoms with Crippen molar-refractivity contribution in [2.75, 3.05) is 19.6 Å². The Kier molecular flexibility index (Phi) is 3.14. The quantitative estimate of drug-likeness (QED) is 0.823. The van der Waals surface area contributed by atoms with E-state index >= 15 is 0 Å². The average Bonchev–Trinajstić information content (AvgIpc) is 2.64. The zero-order valence-corrected chi connectivity index (χ0v) is 11.3. The lowest BCUT2D eigenvalue weighted by atomic mass is 10.2. The first-order valence-corrected chi connectivity index (χ1v) is 6.64. The zero-order valence-electron chi connectivity index (χ0n) is 11.3. The molecule has 104 valence electrons. The van der Waals surface area contributed by atoms with Crippen LogP contribution >= 0.6 is 0 Å². The largest absolute Gasteiger partial charge is 0.354 e. The molecule has 1 N–H and O–H groups in total. The van der Waals surface area contributed by atoms with Gasteiger partial charge in [0.25, 0.3) is 5.91 Å². The van der Waals surface area contributed by atoms with E-state index in [0.717, 1.165) is 17.3 Å². The number of rotatable bonds is 1. The lowest BCUT2D eigenvalue weighted by Gasteiger charge is -2.17. The van der Waals surface area contributed by atoms with Crippen LogP contribution in [0.15, 0.2) is 24.3 Å². The fourth-order valence-electron chi connectivity index (χ4n) is 2.50. The van der Waals surface area contributed by atoms with Gasteiger partial charge in [-0.05, 0) is 12.5 Å². The van der Waals surface area contributed by atoms with Gasteiger partial charge in [-0.2, -0.15) is 5.10 Å². The van der Waals surface area contributed by atoms with Crippen LogP contribution in [0.1, 0.15) is 16.9 Å². The highest BCUT2D eigenvalue weighted by molar-refractivity contribution is 6.05. The van der Waals surface area contributed by atoms with Crippen LogP contribution in [0.2, 0.25) is 0 Å². The van der Waals surface area contributed by atoms with Crippen LogP contribution in [0.4, 0.5) is 0 Å². The van der Waals surface area contributed by atoms with Gasteiger partial charge in [-0.15, -0.1) is 0 Å². The van der Waals surface area contributed by atoms with Gasteiger partial charge in [0.1, 0.15) is 0 Å². The molecule has 2 amide bonds. The number of aromatic nitrogens is 2. The molecule has 6 heteroatoms. The van der Waals surface area contributed by atoms with E-state index in [9.17, 15) is 9.59 Å². The number of nitrogens with one attached hydrogen (secondary N) is 1. The molecule has 0 spiro atoms. The topological polar surface area (TPSA) is 67.2 Å². The van der Waals surface area contributed by atoms with E-state index in [-0.39, 0.29) is 18.4 Å². The number of carbonyl (C=O) groups excluding carboxylic acids is 2. The molecule has 0 atom stereocenters. The molecular formula is C14H16N4O2. The van der Waals surface area contributed by atoms with E-state index < -0.39 is 0 Å². The Balaban J connectivity index is 1.98. The lowest BCUT2D eigenvalue weighted by Crippen LogP contribution is -2.37. The van der Waals surface area contributed by atoms with Crippen molar-refractivity contribution in [1.82, 2.24) is 20.0 Å². The maximum absolute atomic E-state index is 12.6. The Morgan fingerprint density at radius 3 is 3.00 bits per heavy atom. The molecule has 20 heavy (non-hydrogen) atoms. The first-order chi connectivity index (χ1) is 9.66. The number of nitrogens with zero attached hydrogens (tertiary/aromatic N) is 3. The highest BCUT2D eigenvalue weighted by Gasteiger charge is 2.24. The minimum absolute atomic E-state index is 0.101. The predicted molar refractivity (Wildman–Crippen MR) is 74.2 cm³/mol. The van der Waals surface area contributed by atoms with Gasteiger partial charge in [-0.1, -0.05) is 18.2 Å². The normalized spacial score (nSPS) is 16.1. The number of amides is 2. The van der Waals surface area contributed by atoms with Crippen molar-refractivity contribution in [3.05, 3.63) is 30.0 Å². The number of benzene rings is 1. The Bertz CT molecular complexity index is 677. The van der Waals surface area contributed by atoms with Crippen LogP contribution < -0.4 is 5.32 Å². The van der Waals surface area contributed by atoms with E-state index in [2.05, 4.69) is 10.4 Å². The van der Waals surface area contributed by atoms with Crippen LogP contribution in [0, 0.1) is 0 Å². The minimum atomic E-state index is -0.182. The number of hydrogen-bond donors (Lipinski definition) is 1. The van der Waals surface area contributed by atoms with Crippen molar-refractivity contribution < 1.29 is 9.59 Å². The van der Waals surface area contributed by atoms with Gasteiger partial charge in [0, 0.05) is 25.5 Å². The van der Waals surface area contributed by atoms with Crippen molar-refractivity contribution >= 4 is 22.7 Å². The summed E-state index contributed by atoms with van der Waals surface area (Å²) in [7, 11) is 1.81. The zero-order chi connectivity index (χ0) is 14.1. The Labute approximate surface area is 116 Å². The summed E-state index contributed by atoms with van der Waals surface area (Å²) in [5.74, 6) is -0.296. The number of hydrogen-bond acceptors (Lipinski definition) is 3. The fourth-order valence-corrected chi connectivity index (χ4v) is 2.50. The predicted octanol–water partition coefficient (Wildman–Crippen LogP) is 0.535. The summed E-state index contributed by atoms with van der Waals surface area (Å²) in [6.45, 7) is 1.29. The van der Waals surface area contributed by atoms with Gasteiger partial charge in [-0.25, -0.2) is 0 Å². The second-order valence-electron chi connectivity index (χ2n) is 4.92. The van der Waals surface area contributed by atoms with Crippen LogP contribution in [0.5, 0.6) is 0 Å². The number of fused-ring (bicyclic) bond motifs is 1. The number of para-hydroxylation sites is 1. The molecule has 3 rings (SSSR count). The molecule has 0 radical (unpaired) electrons. The standard InChI is InChI=1S/C14H16N4O2/c1-17-11-6-3-2-5-10(11)13(16-17)14(20)18-8-4-7-15-12(19)9-18/h2-3,5-6H,4,7-9H2,1H3,(H,15,19). The smallest absolute Gasteiger partial charge is 0.275 e. The molecule has 0 bridgehead atoms. The summed E-state index contributed by atoms with van der Waals surface area (Å²) < 4.78 is 1.69. The Hall–Kier alpha value is -2.37. The minimum Gasteiger partial charge on any atom is -0.354 e. The van der Waals surface area contributed by atoms with E-state index in [4.69, 9.17) is 0 Å². The van der Waals surface area contributed by atoms with Gasteiger partial charge < -0.3 is 10.2 Å². The van der Waals surface area contributed by atoms with Crippen LogP contribution in [-0.4, -0.2) is 46.1 Å². The molecule has 1 aromatic carbocycles. The lowest BCUT2D eigenvalue weighted by molar-refractivity contribution is -0.121. The Morgan fingerprint density at radius 1 is 1.35 bits per heavy atom. The van der Waals surface area contributed by atoms with Crippen molar-refractivity contribution in [1.29, 1.82) is 0 Å². The van der Waals surface area contributed by atoms with E-state index in [1.165, 1.54) is 0 Å². The summed E-state index contributed by atoms with van der Waals surface area (Å²) >= 11 is 0. The van der Waals surface area contributed by atoms with Crippen molar-refractivity contribution in [2.45, 2.75) is 6.42 Å². The van der Waals surface area contributed by atoms with E-state index in [1.54, 1.807) is 9.58 Å². The first kappa shape index (κ1) is 12.7.